The maximum atomic E-state index is 12.7. The molecule has 3 aromatic rings. The van der Waals surface area contributed by atoms with Crippen LogP contribution < -0.4 is 25.0 Å². The lowest BCUT2D eigenvalue weighted by Gasteiger charge is -2.32. The third-order valence-electron chi connectivity index (χ3n) is 5.47. The van der Waals surface area contributed by atoms with Crippen LogP contribution in [0.1, 0.15) is 23.2 Å². The van der Waals surface area contributed by atoms with Gasteiger partial charge in [-0.05, 0) is 55.3 Å². The van der Waals surface area contributed by atoms with Crippen LogP contribution in [0.15, 0.2) is 60.8 Å². The molecule has 0 bridgehead atoms. The van der Waals surface area contributed by atoms with Crippen molar-refractivity contribution >= 4 is 23.4 Å². The number of ether oxygens (including phenoxy) is 2. The lowest BCUT2D eigenvalue weighted by atomic mass is 10.0. The summed E-state index contributed by atoms with van der Waals surface area (Å²) in [6.45, 7) is 1.53. The Labute approximate surface area is 187 Å². The second-order valence-electron chi connectivity index (χ2n) is 7.53. The Bertz CT molecular complexity index is 1050. The first-order chi connectivity index (χ1) is 15.7. The molecule has 0 aliphatic carbocycles. The van der Waals surface area contributed by atoms with Gasteiger partial charge in [0.2, 0.25) is 5.95 Å². The number of benzene rings is 2. The summed E-state index contributed by atoms with van der Waals surface area (Å²) in [6.07, 6.45) is 3.39. The molecule has 1 amide bonds. The van der Waals surface area contributed by atoms with Crippen molar-refractivity contribution < 1.29 is 14.3 Å². The summed E-state index contributed by atoms with van der Waals surface area (Å²) in [5, 5.41) is 6.42. The molecule has 1 aliphatic heterocycles. The van der Waals surface area contributed by atoms with Crippen LogP contribution in [0.5, 0.6) is 11.5 Å². The van der Waals surface area contributed by atoms with E-state index in [-0.39, 0.29) is 11.9 Å². The number of hydrogen-bond donors (Lipinski definition) is 2. The van der Waals surface area contributed by atoms with E-state index in [1.54, 1.807) is 32.5 Å². The largest absolute Gasteiger partial charge is 0.497 e. The number of methoxy groups -OCH3 is 2. The first kappa shape index (κ1) is 21.4. The maximum absolute atomic E-state index is 12.7. The summed E-state index contributed by atoms with van der Waals surface area (Å²) in [5.74, 6) is 2.68. The predicted octanol–water partition coefficient (Wildman–Crippen LogP) is 3.64. The number of carbonyl (C=O) groups is 1. The number of aromatic nitrogens is 2. The quantitative estimate of drug-likeness (QED) is 0.588. The molecule has 0 radical (unpaired) electrons. The number of piperidine rings is 1. The topological polar surface area (TPSA) is 88.6 Å². The van der Waals surface area contributed by atoms with Crippen molar-refractivity contribution in [2.45, 2.75) is 18.9 Å². The van der Waals surface area contributed by atoms with Crippen LogP contribution in [-0.4, -0.2) is 49.2 Å². The van der Waals surface area contributed by atoms with E-state index in [0.717, 1.165) is 43.2 Å². The first-order valence-electron chi connectivity index (χ1n) is 10.6. The van der Waals surface area contributed by atoms with Crippen molar-refractivity contribution in [3.8, 4) is 11.5 Å². The fraction of sp³-hybridized carbons (Fsp3) is 0.292. The molecule has 32 heavy (non-hydrogen) atoms. The third kappa shape index (κ3) is 5.08. The van der Waals surface area contributed by atoms with Crippen LogP contribution in [-0.2, 0) is 0 Å². The van der Waals surface area contributed by atoms with Crippen molar-refractivity contribution in [2.75, 3.05) is 37.5 Å². The summed E-state index contributed by atoms with van der Waals surface area (Å²) in [6, 6.07) is 16.9. The minimum absolute atomic E-state index is 0.101. The van der Waals surface area contributed by atoms with Crippen LogP contribution in [0.25, 0.3) is 0 Å². The molecule has 1 fully saturated rings. The van der Waals surface area contributed by atoms with E-state index in [0.29, 0.717) is 17.3 Å². The number of anilines is 3. The zero-order chi connectivity index (χ0) is 22.3. The predicted molar refractivity (Wildman–Crippen MR) is 124 cm³/mol. The highest BCUT2D eigenvalue weighted by atomic mass is 16.5. The zero-order valence-electron chi connectivity index (χ0n) is 18.2. The molecule has 8 heteroatoms. The van der Waals surface area contributed by atoms with Gasteiger partial charge in [0, 0.05) is 31.0 Å². The smallest absolute Gasteiger partial charge is 0.255 e. The van der Waals surface area contributed by atoms with Gasteiger partial charge in [0.05, 0.1) is 19.8 Å². The van der Waals surface area contributed by atoms with Gasteiger partial charge in [0.25, 0.3) is 5.91 Å². The molecular formula is C24H27N5O3. The van der Waals surface area contributed by atoms with E-state index in [1.165, 1.54) is 0 Å². The second kappa shape index (κ2) is 10.00. The van der Waals surface area contributed by atoms with Crippen molar-refractivity contribution in [3.63, 3.8) is 0 Å². The van der Waals surface area contributed by atoms with Gasteiger partial charge < -0.3 is 25.0 Å². The SMILES string of the molecule is COc1ccc(Nc2ccnc(N3CCC(NC(=O)c4ccccc4OC)CC3)n2)cc1. The van der Waals surface area contributed by atoms with Crippen LogP contribution in [0.2, 0.25) is 0 Å². The molecule has 2 N–H and O–H groups in total. The molecule has 2 heterocycles. The number of hydrogen-bond acceptors (Lipinski definition) is 7. The summed E-state index contributed by atoms with van der Waals surface area (Å²) < 4.78 is 10.5. The Balaban J connectivity index is 1.34. The van der Waals surface area contributed by atoms with Gasteiger partial charge in [-0.1, -0.05) is 12.1 Å². The molecular weight excluding hydrogens is 406 g/mol. The summed E-state index contributed by atoms with van der Waals surface area (Å²) in [7, 11) is 3.22. The number of rotatable bonds is 7. The lowest BCUT2D eigenvalue weighted by Crippen LogP contribution is -2.45. The highest BCUT2D eigenvalue weighted by Crippen LogP contribution is 2.22. The van der Waals surface area contributed by atoms with E-state index >= 15 is 0 Å². The van der Waals surface area contributed by atoms with E-state index in [4.69, 9.17) is 9.47 Å². The van der Waals surface area contributed by atoms with Gasteiger partial charge in [-0.25, -0.2) is 4.98 Å². The molecule has 2 aromatic carbocycles. The number of para-hydroxylation sites is 1. The van der Waals surface area contributed by atoms with Crippen LogP contribution >= 0.6 is 0 Å². The zero-order valence-corrected chi connectivity index (χ0v) is 18.2. The minimum atomic E-state index is -0.108. The van der Waals surface area contributed by atoms with Gasteiger partial charge in [0.15, 0.2) is 0 Å². The standard InChI is InChI=1S/C24H27N5O3/c1-31-19-9-7-17(8-10-19)26-22-11-14-25-24(28-22)29-15-12-18(13-16-29)27-23(30)20-5-3-4-6-21(20)32-2/h3-11,14,18H,12-13,15-16H2,1-2H3,(H,27,30)(H,25,26,28). The van der Waals surface area contributed by atoms with E-state index in [2.05, 4.69) is 25.5 Å². The van der Waals surface area contributed by atoms with Crippen molar-refractivity contribution in [2.24, 2.45) is 0 Å². The highest BCUT2D eigenvalue weighted by molar-refractivity contribution is 5.97. The highest BCUT2D eigenvalue weighted by Gasteiger charge is 2.23. The molecule has 1 aliphatic rings. The Morgan fingerprint density at radius 3 is 2.47 bits per heavy atom. The Hall–Kier alpha value is -3.81. The molecule has 166 valence electrons. The fourth-order valence-corrected chi connectivity index (χ4v) is 3.71. The molecule has 8 nitrogen and oxygen atoms in total. The van der Waals surface area contributed by atoms with Gasteiger partial charge in [-0.2, -0.15) is 4.98 Å². The van der Waals surface area contributed by atoms with Gasteiger partial charge >= 0.3 is 0 Å². The molecule has 0 unspecified atom stereocenters. The average Bonchev–Trinajstić information content (AvgIpc) is 2.85. The Morgan fingerprint density at radius 1 is 1.00 bits per heavy atom. The molecule has 1 aromatic heterocycles. The van der Waals surface area contributed by atoms with Crippen LogP contribution in [0.4, 0.5) is 17.5 Å². The van der Waals surface area contributed by atoms with Crippen LogP contribution in [0.3, 0.4) is 0 Å². The first-order valence-corrected chi connectivity index (χ1v) is 10.6. The number of nitrogens with one attached hydrogen (secondary N) is 2. The average molecular weight is 434 g/mol. The van der Waals surface area contributed by atoms with E-state index in [1.807, 2.05) is 42.5 Å². The Morgan fingerprint density at radius 2 is 1.75 bits per heavy atom. The summed E-state index contributed by atoms with van der Waals surface area (Å²) in [5.41, 5.74) is 1.48. The monoisotopic (exact) mass is 433 g/mol. The van der Waals surface area contributed by atoms with Gasteiger partial charge in [-0.15, -0.1) is 0 Å². The number of nitrogens with zero attached hydrogens (tertiary/aromatic N) is 3. The lowest BCUT2D eigenvalue weighted by molar-refractivity contribution is 0.0928. The fourth-order valence-electron chi connectivity index (χ4n) is 3.71. The normalized spacial score (nSPS) is 14.0. The van der Waals surface area contributed by atoms with Gasteiger partial charge in [-0.3, -0.25) is 4.79 Å². The molecule has 1 saturated heterocycles. The maximum Gasteiger partial charge on any atom is 0.255 e. The van der Waals surface area contributed by atoms with Crippen LogP contribution in [0, 0.1) is 0 Å². The molecule has 0 saturated carbocycles. The molecule has 0 atom stereocenters. The summed E-state index contributed by atoms with van der Waals surface area (Å²) in [4.78, 5) is 23.9. The van der Waals surface area contributed by atoms with Gasteiger partial charge in [0.1, 0.15) is 17.3 Å². The molecule has 0 spiro atoms. The van der Waals surface area contributed by atoms with E-state index < -0.39 is 0 Å². The van der Waals surface area contributed by atoms with Crippen molar-refractivity contribution in [1.82, 2.24) is 15.3 Å². The second-order valence-corrected chi connectivity index (χ2v) is 7.53. The molecule has 4 rings (SSSR count). The van der Waals surface area contributed by atoms with Crippen molar-refractivity contribution in [3.05, 3.63) is 66.4 Å². The number of amides is 1. The van der Waals surface area contributed by atoms with E-state index in [9.17, 15) is 4.79 Å². The summed E-state index contributed by atoms with van der Waals surface area (Å²) >= 11 is 0. The third-order valence-corrected chi connectivity index (χ3v) is 5.47. The number of carbonyl (C=O) groups excluding carboxylic acids is 1. The van der Waals surface area contributed by atoms with Crippen molar-refractivity contribution in [1.29, 1.82) is 0 Å². The minimum Gasteiger partial charge on any atom is -0.497 e. The Kier molecular flexibility index (Phi) is 6.69.